The van der Waals surface area contributed by atoms with Crippen molar-refractivity contribution in [2.75, 3.05) is 79.6 Å². The number of amides is 16. The van der Waals surface area contributed by atoms with Gasteiger partial charge in [-0.3, -0.25) is 86.9 Å². The number of methoxy groups -OCH3 is 1. The van der Waals surface area contributed by atoms with Gasteiger partial charge in [-0.2, -0.15) is 0 Å². The number of H-pyrrole nitrogens is 3. The van der Waals surface area contributed by atoms with Crippen LogP contribution in [0.4, 0.5) is 0 Å². The lowest BCUT2D eigenvalue weighted by molar-refractivity contribution is -0.149. The zero-order valence-corrected chi connectivity index (χ0v) is 78.2. The molecule has 5 heterocycles. The number of nitrogens with zero attached hydrogens (tertiary/aromatic N) is 6. The number of fused-ring (bicyclic) bond motifs is 3. The van der Waals surface area contributed by atoms with Gasteiger partial charge in [0.1, 0.15) is 78.3 Å². The number of aromatic nitrogens is 4. The Kier molecular flexibility index (Phi) is 40.7. The number of rotatable bonds is 27. The molecular formula is C91H129N23O19S. The number of carbonyl (C=O) groups is 17. The number of ether oxygens (including phenoxy) is 1. The first-order valence-electron chi connectivity index (χ1n) is 45.0. The third kappa shape index (κ3) is 30.5. The molecule has 0 spiro atoms. The second-order valence-electron chi connectivity index (χ2n) is 34.3. The van der Waals surface area contributed by atoms with E-state index in [-0.39, 0.29) is 89.6 Å². The summed E-state index contributed by atoms with van der Waals surface area (Å²) in [5.41, 5.74) is 20.1. The van der Waals surface area contributed by atoms with Crippen molar-refractivity contribution in [1.29, 1.82) is 5.41 Å². The number of para-hydroxylation sites is 2. The number of aliphatic hydroxyl groups excluding tert-OH is 1. The van der Waals surface area contributed by atoms with E-state index in [1.165, 1.54) is 54.7 Å². The fourth-order valence-corrected chi connectivity index (χ4v) is 17.1. The van der Waals surface area contributed by atoms with Crippen LogP contribution in [0.5, 0.6) is 5.75 Å². The maximum Gasteiger partial charge on any atom is 0.246 e. The summed E-state index contributed by atoms with van der Waals surface area (Å²) in [6, 6.07) is 2.59. The molecule has 2 saturated heterocycles. The molecule has 43 heteroatoms. The second kappa shape index (κ2) is 51.5. The van der Waals surface area contributed by atoms with Gasteiger partial charge in [-0.25, -0.2) is 4.98 Å². The molecular weight excluding hydrogens is 1750 g/mol. The number of aliphatic hydroxyl groups is 1. The highest BCUT2D eigenvalue weighted by Gasteiger charge is 2.44. The van der Waals surface area contributed by atoms with Crippen LogP contribution >= 0.6 is 11.8 Å². The lowest BCUT2D eigenvalue weighted by Gasteiger charge is -2.36. The van der Waals surface area contributed by atoms with Crippen LogP contribution < -0.4 is 75.1 Å². The number of primary amides is 2. The number of Topliss-reactive ketones (excluding diaryl/α,β-unsaturated/α-hetero) is 1. The number of hydrogen-bond acceptors (Lipinski definition) is 22. The lowest BCUT2D eigenvalue weighted by Crippen LogP contribution is -2.61. The quantitative estimate of drug-likeness (QED) is 0.0166. The highest BCUT2D eigenvalue weighted by molar-refractivity contribution is 8.00. The van der Waals surface area contributed by atoms with Crippen LogP contribution in [0, 0.1) is 17.2 Å². The monoisotopic (exact) mass is 1880 g/mol. The molecule has 3 aromatic carbocycles. The Labute approximate surface area is 781 Å². The van der Waals surface area contributed by atoms with Crippen molar-refractivity contribution in [2.24, 2.45) is 29.0 Å². The predicted octanol–water partition coefficient (Wildman–Crippen LogP) is -1.04. The van der Waals surface area contributed by atoms with Gasteiger partial charge in [0.05, 0.1) is 45.3 Å². The summed E-state index contributed by atoms with van der Waals surface area (Å²) in [7, 11) is 6.70. The highest BCUT2D eigenvalue weighted by Crippen LogP contribution is 2.28. The number of aromatic amines is 3. The minimum absolute atomic E-state index is 0.00246. The van der Waals surface area contributed by atoms with Crippen LogP contribution in [0.1, 0.15) is 140 Å². The molecule has 13 atom stereocenters. The lowest BCUT2D eigenvalue weighted by atomic mass is 9.92. The van der Waals surface area contributed by atoms with E-state index < -0.39 is 229 Å². The Balaban J connectivity index is 1.19. The molecule has 2 aliphatic rings. The number of thioether (sulfide) groups is 1. The molecule has 134 heavy (non-hydrogen) atoms. The van der Waals surface area contributed by atoms with Gasteiger partial charge >= 0.3 is 0 Å². The average Bonchev–Trinajstić information content (AvgIpc) is 1.61. The number of imidazole rings is 1. The van der Waals surface area contributed by atoms with Gasteiger partial charge in [0.2, 0.25) is 94.5 Å². The number of benzene rings is 3. The van der Waals surface area contributed by atoms with Crippen molar-refractivity contribution in [1.82, 2.24) is 97.6 Å². The first-order valence-corrected chi connectivity index (χ1v) is 46.1. The number of unbranched alkanes of at least 4 members (excludes halogenated alkanes) is 2. The predicted molar refractivity (Wildman–Crippen MR) is 497 cm³/mol. The summed E-state index contributed by atoms with van der Waals surface area (Å²) >= 11 is 0.783. The van der Waals surface area contributed by atoms with Crippen LogP contribution in [-0.2, 0) is 107 Å². The molecule has 6 aromatic rings. The van der Waals surface area contributed by atoms with Gasteiger partial charge in [-0.15, -0.1) is 11.8 Å². The summed E-state index contributed by atoms with van der Waals surface area (Å²) in [5, 5.41) is 46.9. The van der Waals surface area contributed by atoms with Crippen molar-refractivity contribution < 1.29 is 91.4 Å². The van der Waals surface area contributed by atoms with Gasteiger partial charge in [0.25, 0.3) is 0 Å². The molecule has 42 nitrogen and oxygen atoms in total. The van der Waals surface area contributed by atoms with E-state index in [1.54, 1.807) is 99.0 Å². The first-order chi connectivity index (χ1) is 63.8. The van der Waals surface area contributed by atoms with Crippen LogP contribution in [0.2, 0.25) is 0 Å². The molecule has 2 fully saturated rings. The standard InChI is InChI=1S/C91H129N23O19S/c1-11-13-29-72-84(126)103-64(28-20-32-97-91(94)95)81(123)109-71(80(122)100-45-76(93)118)48-134-49-77(119)102-67(36-53-22-19-23-59(35-53)133-10)87(129)111(7)52(5)78(120)105-69(41-75(92)117)89(131)114-33-21-31-73(114)85(127)104-65(40-57-44-96-50-101-57)82(124)106-66(34-51(3)4)86(128)110(6)46-58(116)38-54(37-55-42-98-62-26-17-15-24-60(55)62)79(121)108-70(47-115)83(125)107-68(39-56-43-99-63-27-18-16-25-61(56)63)88(130)113(9)74(30-14-12-2)90(132)112(72)8/h15-19,22-27,35,42-44,50-52,54,64-74,98-99,115H,11-14,20-21,28-34,36-41,45-49H2,1-10H3,(H2,92,117)(H2,93,118)(H,96,101)(H,100,122)(H,102,119)(H,103,126)(H,104,127)(H,105,120)(H,106,124)(H,107,125)(H,108,121)(H,109,123)(H4,94,95,97)/t52-,54+,64-,65-,66-,67-,68-,69-,70-,71-,72-,73-,74-/m0/s1. The van der Waals surface area contributed by atoms with Crippen LogP contribution in [0.15, 0.2) is 97.7 Å². The Morgan fingerprint density at radius 3 is 1.80 bits per heavy atom. The fraction of sp³-hybridized carbons (Fsp3) is 0.527. The minimum Gasteiger partial charge on any atom is -0.497 e. The molecule has 0 radical (unpaired) electrons. The van der Waals surface area contributed by atoms with Gasteiger partial charge in [-0.1, -0.05) is 102 Å². The molecule has 728 valence electrons. The molecule has 0 aliphatic carbocycles. The van der Waals surface area contributed by atoms with Crippen molar-refractivity contribution in [3.05, 3.63) is 120 Å². The Morgan fingerprint density at radius 2 is 1.18 bits per heavy atom. The van der Waals surface area contributed by atoms with Crippen LogP contribution in [0.25, 0.3) is 21.8 Å². The Hall–Kier alpha value is -13.5. The highest BCUT2D eigenvalue weighted by atomic mass is 32.2. The number of nitrogens with two attached hydrogens (primary N) is 3. The molecule has 0 saturated carbocycles. The van der Waals surface area contributed by atoms with E-state index in [0.29, 0.717) is 75.6 Å². The fourth-order valence-electron chi connectivity index (χ4n) is 16.2. The van der Waals surface area contributed by atoms with Gasteiger partial charge < -0.3 is 120 Å². The topological polar surface area (TPSA) is 618 Å². The average molecular weight is 1880 g/mol. The summed E-state index contributed by atoms with van der Waals surface area (Å²) in [6.45, 7) is 6.06. The van der Waals surface area contributed by atoms with Crippen molar-refractivity contribution in [3.8, 4) is 5.75 Å². The third-order valence-electron chi connectivity index (χ3n) is 23.7. The van der Waals surface area contributed by atoms with E-state index in [2.05, 4.69) is 73.1 Å². The Morgan fingerprint density at radius 1 is 0.590 bits per heavy atom. The summed E-state index contributed by atoms with van der Waals surface area (Å²) in [6.07, 6.45) is 5.53. The van der Waals surface area contributed by atoms with Crippen molar-refractivity contribution >= 4 is 140 Å². The van der Waals surface area contributed by atoms with E-state index in [1.807, 2.05) is 13.8 Å². The van der Waals surface area contributed by atoms with Crippen LogP contribution in [-0.4, -0.2) is 308 Å². The second-order valence-corrected chi connectivity index (χ2v) is 35.4. The molecule has 0 bridgehead atoms. The van der Waals surface area contributed by atoms with E-state index >= 15 is 24.0 Å². The van der Waals surface area contributed by atoms with Gasteiger partial charge in [0, 0.05) is 125 Å². The maximum absolute atomic E-state index is 15.7. The van der Waals surface area contributed by atoms with E-state index in [0.717, 1.165) is 36.3 Å². The Bertz CT molecular complexity index is 5140. The molecule has 2 aliphatic heterocycles. The van der Waals surface area contributed by atoms with Crippen molar-refractivity contribution in [2.45, 2.75) is 216 Å². The number of hydrogen-bond donors (Lipinski definition) is 18. The normalized spacial score (nSPS) is 23.4. The van der Waals surface area contributed by atoms with Crippen LogP contribution in [0.3, 0.4) is 0 Å². The SMILES string of the molecule is CCCC[C@H]1C(=O)N(C)[C@@H](CCCC)C(=O)N[C@@H](CCCNC(=N)N)C(=O)N[C@H](C(=O)NCC(N)=O)CSCC(=O)N[C@@H](Cc2cccc(OC)c2)C(=O)N(C)[C@@H](C)C(=O)N[C@@H](CC(N)=O)C(=O)N2CCC[C@H]2C(=O)N[C@@H](Cc2cnc[nH]2)C(=O)N[C@@H](CC(C)C)C(=O)N(C)CC(=O)C[C@@H](Cc2c[nH]c3ccccc23)C(=O)N[C@@H](CO)C(=O)N[C@@H](Cc2c[nH]c3ccccc23)C(=O)N1C. The van der Waals surface area contributed by atoms with Crippen molar-refractivity contribution in [3.63, 3.8) is 0 Å². The number of ketones is 1. The number of likely N-dealkylation sites (N-methyl/N-ethyl adjacent to an activating group) is 4. The maximum atomic E-state index is 15.7. The molecule has 16 amide bonds. The molecule has 8 rings (SSSR count). The minimum atomic E-state index is -1.81. The number of nitrogens with one attached hydrogen (secondary N) is 14. The summed E-state index contributed by atoms with van der Waals surface area (Å²) in [5.74, 6) is -17.8. The first kappa shape index (κ1) is 106. The largest absolute Gasteiger partial charge is 0.497 e. The number of carbonyl (C=O) groups excluding carboxylic acids is 17. The summed E-state index contributed by atoms with van der Waals surface area (Å²) in [4.78, 5) is 268. The third-order valence-corrected chi connectivity index (χ3v) is 24.7. The summed E-state index contributed by atoms with van der Waals surface area (Å²) < 4.78 is 5.45. The molecule has 0 unspecified atom stereocenters. The van der Waals surface area contributed by atoms with Gasteiger partial charge in [0.15, 0.2) is 11.7 Å². The van der Waals surface area contributed by atoms with Gasteiger partial charge in [-0.05, 0) is 105 Å². The van der Waals surface area contributed by atoms with E-state index in [4.69, 9.17) is 27.3 Å². The smallest absolute Gasteiger partial charge is 0.246 e. The zero-order valence-electron chi connectivity index (χ0n) is 77.4. The zero-order chi connectivity index (χ0) is 98.2. The van der Waals surface area contributed by atoms with E-state index in [9.17, 15) is 62.6 Å². The molecule has 21 N–H and O–H groups in total. The molecule has 3 aromatic heterocycles. The number of guanidine groups is 1.